The molecule has 33 heavy (non-hydrogen) atoms. The molecule has 0 aliphatic carbocycles. The fourth-order valence-electron chi connectivity index (χ4n) is 3.38. The van der Waals surface area contributed by atoms with Crippen molar-refractivity contribution >= 4 is 34.1 Å². The molecule has 0 N–H and O–H groups in total. The molecule has 10 heteroatoms. The molecule has 0 saturated carbocycles. The molecule has 4 heterocycles. The second-order valence-electron chi connectivity index (χ2n) is 7.97. The number of hydrogen-bond donors (Lipinski definition) is 0. The predicted octanol–water partition coefficient (Wildman–Crippen LogP) is 5.41. The number of anilines is 1. The van der Waals surface area contributed by atoms with Crippen LogP contribution in [-0.2, 0) is 0 Å². The highest BCUT2D eigenvalue weighted by Crippen LogP contribution is 2.29. The number of hydrogen-bond acceptors (Lipinski definition) is 9. The Morgan fingerprint density at radius 2 is 1.97 bits per heavy atom. The van der Waals surface area contributed by atoms with Crippen LogP contribution in [0.3, 0.4) is 0 Å². The Balaban J connectivity index is 1.23. The van der Waals surface area contributed by atoms with Gasteiger partial charge in [-0.2, -0.15) is 4.98 Å². The zero-order chi connectivity index (χ0) is 22.9. The van der Waals surface area contributed by atoms with Crippen molar-refractivity contribution in [1.82, 2.24) is 24.7 Å². The predicted molar refractivity (Wildman–Crippen MR) is 131 cm³/mol. The van der Waals surface area contributed by atoms with E-state index in [9.17, 15) is 0 Å². The third kappa shape index (κ3) is 4.53. The first-order chi connectivity index (χ1) is 16.0. The van der Waals surface area contributed by atoms with Gasteiger partial charge in [0.15, 0.2) is 5.82 Å². The van der Waals surface area contributed by atoms with E-state index in [2.05, 4.69) is 51.8 Å². The highest BCUT2D eigenvalue weighted by atomic mass is 32.2. The molecule has 1 atom stereocenters. The minimum atomic E-state index is -0.147. The smallest absolute Gasteiger partial charge is 0.328 e. The van der Waals surface area contributed by atoms with Crippen LogP contribution in [0.1, 0.15) is 32.5 Å². The highest BCUT2D eigenvalue weighted by molar-refractivity contribution is 7.98. The van der Waals surface area contributed by atoms with Gasteiger partial charge in [0.25, 0.3) is 5.19 Å². The Morgan fingerprint density at radius 3 is 2.61 bits per heavy atom. The second-order valence-corrected chi connectivity index (χ2v) is 9.77. The van der Waals surface area contributed by atoms with Crippen LogP contribution in [-0.4, -0.2) is 43.6 Å². The third-order valence-electron chi connectivity index (χ3n) is 5.32. The summed E-state index contributed by atoms with van der Waals surface area (Å²) in [7, 11) is 0. The maximum atomic E-state index is 6.10. The SMILES string of the molecule is CSc1ccc(-c2cn3nc(O[C@@H](C)C4=CCN(c5nc(C(C)C)no5)C=C4)sc3n2)cc1. The van der Waals surface area contributed by atoms with Crippen LogP contribution in [0.2, 0.25) is 0 Å². The molecule has 1 aliphatic rings. The molecule has 0 unspecified atom stereocenters. The maximum absolute atomic E-state index is 6.10. The van der Waals surface area contributed by atoms with Crippen molar-refractivity contribution in [3.63, 3.8) is 0 Å². The third-order valence-corrected chi connectivity index (χ3v) is 6.88. The van der Waals surface area contributed by atoms with Crippen LogP contribution in [0, 0.1) is 0 Å². The normalized spacial score (nSPS) is 14.8. The molecular weight excluding hydrogens is 456 g/mol. The Labute approximate surface area is 200 Å². The second kappa shape index (κ2) is 9.03. The molecule has 4 aromatic rings. The van der Waals surface area contributed by atoms with E-state index in [0.29, 0.717) is 23.6 Å². The fourth-order valence-corrected chi connectivity index (χ4v) is 4.60. The van der Waals surface area contributed by atoms with Gasteiger partial charge < -0.3 is 9.26 Å². The lowest BCUT2D eigenvalue weighted by atomic mass is 10.1. The van der Waals surface area contributed by atoms with Crippen molar-refractivity contribution in [2.24, 2.45) is 0 Å². The topological polar surface area (TPSA) is 81.6 Å². The minimum absolute atomic E-state index is 0.147. The molecule has 1 aromatic carbocycles. The van der Waals surface area contributed by atoms with E-state index in [-0.39, 0.29) is 12.0 Å². The molecule has 0 spiro atoms. The van der Waals surface area contributed by atoms with Crippen LogP contribution >= 0.6 is 23.1 Å². The van der Waals surface area contributed by atoms with Gasteiger partial charge in [0.1, 0.15) is 6.10 Å². The summed E-state index contributed by atoms with van der Waals surface area (Å²) in [5.41, 5.74) is 3.04. The first kappa shape index (κ1) is 21.7. The Kier molecular flexibility index (Phi) is 5.94. The highest BCUT2D eigenvalue weighted by Gasteiger charge is 2.19. The number of thioether (sulfide) groups is 1. The summed E-state index contributed by atoms with van der Waals surface area (Å²) < 4.78 is 13.2. The number of aromatic nitrogens is 5. The van der Waals surface area contributed by atoms with Crippen LogP contribution < -0.4 is 9.64 Å². The lowest BCUT2D eigenvalue weighted by Crippen LogP contribution is -2.23. The fraction of sp³-hybridized carbons (Fsp3) is 0.304. The van der Waals surface area contributed by atoms with Gasteiger partial charge in [-0.15, -0.1) is 16.9 Å². The average Bonchev–Trinajstić information content (AvgIpc) is 3.54. The summed E-state index contributed by atoms with van der Waals surface area (Å²) in [5, 5.41) is 9.17. The summed E-state index contributed by atoms with van der Waals surface area (Å²) in [6.07, 6.45) is 9.90. The van der Waals surface area contributed by atoms with Crippen molar-refractivity contribution < 1.29 is 9.26 Å². The largest absolute Gasteiger partial charge is 0.461 e. The number of nitrogens with zero attached hydrogens (tertiary/aromatic N) is 6. The Bertz CT molecular complexity index is 1290. The van der Waals surface area contributed by atoms with E-state index in [4.69, 9.17) is 14.2 Å². The first-order valence-electron chi connectivity index (χ1n) is 10.7. The molecule has 0 fully saturated rings. The molecule has 0 amide bonds. The van der Waals surface area contributed by atoms with Gasteiger partial charge in [0, 0.05) is 29.1 Å². The molecular formula is C23H24N6O2S2. The van der Waals surface area contributed by atoms with Crippen molar-refractivity contribution in [2.45, 2.75) is 37.7 Å². The lowest BCUT2D eigenvalue weighted by Gasteiger charge is -2.21. The zero-order valence-corrected chi connectivity index (χ0v) is 20.4. The zero-order valence-electron chi connectivity index (χ0n) is 18.8. The van der Waals surface area contributed by atoms with Crippen molar-refractivity contribution in [3.05, 3.63) is 60.2 Å². The summed E-state index contributed by atoms with van der Waals surface area (Å²) in [5.74, 6) is 0.936. The average molecular weight is 481 g/mol. The lowest BCUT2D eigenvalue weighted by molar-refractivity contribution is 0.256. The van der Waals surface area contributed by atoms with E-state index in [0.717, 1.165) is 21.8 Å². The summed E-state index contributed by atoms with van der Waals surface area (Å²) in [4.78, 5) is 13.1. The van der Waals surface area contributed by atoms with Crippen LogP contribution in [0.15, 0.2) is 63.8 Å². The van der Waals surface area contributed by atoms with E-state index < -0.39 is 0 Å². The monoisotopic (exact) mass is 480 g/mol. The van der Waals surface area contributed by atoms with Crippen LogP contribution in [0.4, 0.5) is 6.01 Å². The van der Waals surface area contributed by atoms with Gasteiger partial charge in [-0.3, -0.25) is 4.90 Å². The van der Waals surface area contributed by atoms with E-state index >= 15 is 0 Å². The first-order valence-corrected chi connectivity index (χ1v) is 12.7. The number of rotatable bonds is 7. The molecule has 1 aliphatic heterocycles. The van der Waals surface area contributed by atoms with Crippen molar-refractivity contribution in [1.29, 1.82) is 0 Å². The quantitative estimate of drug-likeness (QED) is 0.325. The maximum Gasteiger partial charge on any atom is 0.328 e. The molecule has 0 saturated heterocycles. The summed E-state index contributed by atoms with van der Waals surface area (Å²) in [6, 6.07) is 8.87. The van der Waals surface area contributed by atoms with Gasteiger partial charge in [0.05, 0.1) is 11.9 Å². The van der Waals surface area contributed by atoms with Gasteiger partial charge in [-0.1, -0.05) is 37.2 Å². The Hall–Kier alpha value is -3.11. The van der Waals surface area contributed by atoms with Crippen molar-refractivity contribution in [3.8, 4) is 16.5 Å². The van der Waals surface area contributed by atoms with Gasteiger partial charge in [0.2, 0.25) is 4.96 Å². The van der Waals surface area contributed by atoms with E-state index in [1.807, 2.05) is 44.1 Å². The van der Waals surface area contributed by atoms with Gasteiger partial charge >= 0.3 is 6.01 Å². The molecule has 0 radical (unpaired) electrons. The van der Waals surface area contributed by atoms with Crippen LogP contribution in [0.25, 0.3) is 16.2 Å². The van der Waals surface area contributed by atoms with Crippen molar-refractivity contribution in [2.75, 3.05) is 17.7 Å². The van der Waals surface area contributed by atoms with E-state index in [1.54, 1.807) is 16.3 Å². The molecule has 8 nitrogen and oxygen atoms in total. The number of ether oxygens (including phenoxy) is 1. The molecule has 170 valence electrons. The van der Waals surface area contributed by atoms with Gasteiger partial charge in [-0.25, -0.2) is 9.50 Å². The summed E-state index contributed by atoms with van der Waals surface area (Å²) >= 11 is 3.16. The number of fused-ring (bicyclic) bond motifs is 1. The standard InChI is InChI=1S/C23H24N6O2S2/c1-14(2)20-25-21(31-27-20)28-11-9-16(10-12-28)15(3)30-23-26-29-13-19(24-22(29)33-23)17-5-7-18(32-4)8-6-17/h5-11,13-15H,12H2,1-4H3/t15-/m0/s1. The number of benzene rings is 1. The Morgan fingerprint density at radius 1 is 1.15 bits per heavy atom. The molecule has 5 rings (SSSR count). The van der Waals surface area contributed by atoms with E-state index in [1.165, 1.54) is 16.2 Å². The van der Waals surface area contributed by atoms with Crippen LogP contribution in [0.5, 0.6) is 5.19 Å². The number of imidazole rings is 1. The molecule has 0 bridgehead atoms. The molecule has 3 aromatic heterocycles. The minimum Gasteiger partial charge on any atom is -0.461 e. The van der Waals surface area contributed by atoms with Gasteiger partial charge in [-0.05, 0) is 48.3 Å². The summed E-state index contributed by atoms with van der Waals surface area (Å²) in [6.45, 7) is 6.73.